The molecule has 1 aromatic carbocycles. The van der Waals surface area contributed by atoms with Crippen molar-refractivity contribution in [1.29, 1.82) is 0 Å². The van der Waals surface area contributed by atoms with Gasteiger partial charge in [0.05, 0.1) is 5.69 Å². The van der Waals surface area contributed by atoms with Crippen LogP contribution in [0.4, 0.5) is 0 Å². The fourth-order valence-corrected chi connectivity index (χ4v) is 2.74. The number of pyridine rings is 1. The Kier molecular flexibility index (Phi) is 4.71. The number of carbonyl (C=O) groups is 1. The molecule has 0 saturated heterocycles. The number of carbonyl (C=O) groups excluding carboxylic acids is 1. The molecule has 4 nitrogen and oxygen atoms in total. The zero-order valence-corrected chi connectivity index (χ0v) is 13.3. The molecule has 0 atom stereocenters. The van der Waals surface area contributed by atoms with Crippen LogP contribution in [-0.2, 0) is 12.8 Å². The fourth-order valence-electron chi connectivity index (χ4n) is 2.74. The van der Waals surface area contributed by atoms with Crippen molar-refractivity contribution in [3.05, 3.63) is 71.7 Å². The molecular formula is C19H21N3O. The molecule has 2 aromatic heterocycles. The highest BCUT2D eigenvalue weighted by Gasteiger charge is 2.17. The van der Waals surface area contributed by atoms with E-state index in [1.807, 2.05) is 47.0 Å². The highest BCUT2D eigenvalue weighted by atomic mass is 16.1. The first-order valence-electron chi connectivity index (χ1n) is 8.07. The van der Waals surface area contributed by atoms with Gasteiger partial charge in [0.15, 0.2) is 0 Å². The van der Waals surface area contributed by atoms with Gasteiger partial charge >= 0.3 is 0 Å². The molecule has 0 saturated carbocycles. The zero-order valence-electron chi connectivity index (χ0n) is 13.3. The average Bonchev–Trinajstić information content (AvgIpc) is 2.94. The van der Waals surface area contributed by atoms with E-state index in [4.69, 9.17) is 0 Å². The second kappa shape index (κ2) is 7.09. The van der Waals surface area contributed by atoms with E-state index in [2.05, 4.69) is 29.4 Å². The minimum Gasteiger partial charge on any atom is -0.350 e. The smallest absolute Gasteiger partial charge is 0.270 e. The molecule has 0 aliphatic heterocycles. The molecule has 0 aliphatic rings. The van der Waals surface area contributed by atoms with Crippen LogP contribution >= 0.6 is 0 Å². The molecule has 118 valence electrons. The molecule has 0 unspecified atom stereocenters. The molecule has 0 radical (unpaired) electrons. The van der Waals surface area contributed by atoms with Crippen molar-refractivity contribution in [2.45, 2.75) is 26.2 Å². The van der Waals surface area contributed by atoms with E-state index in [1.165, 1.54) is 5.56 Å². The minimum absolute atomic E-state index is 0.0527. The fraction of sp³-hybridized carbons (Fsp3) is 0.263. The van der Waals surface area contributed by atoms with Crippen molar-refractivity contribution in [2.75, 3.05) is 6.54 Å². The summed E-state index contributed by atoms with van der Waals surface area (Å²) >= 11 is 0. The predicted octanol–water partition coefficient (Wildman–Crippen LogP) is 3.26. The maximum atomic E-state index is 12.6. The number of rotatable bonds is 6. The van der Waals surface area contributed by atoms with Gasteiger partial charge in [-0.25, -0.2) is 4.98 Å². The van der Waals surface area contributed by atoms with Crippen LogP contribution in [0, 0.1) is 0 Å². The lowest BCUT2D eigenvalue weighted by Crippen LogP contribution is -2.27. The van der Waals surface area contributed by atoms with Gasteiger partial charge in [0.2, 0.25) is 0 Å². The summed E-state index contributed by atoms with van der Waals surface area (Å²) in [5, 5.41) is 3.02. The minimum atomic E-state index is -0.0527. The lowest BCUT2D eigenvalue weighted by molar-refractivity contribution is 0.0947. The SMILES string of the molecule is CCCc1nc2ccccn2c1C(=O)NCCc1ccccc1. The average molecular weight is 307 g/mol. The van der Waals surface area contributed by atoms with Crippen LogP contribution < -0.4 is 5.32 Å². The number of aromatic nitrogens is 2. The Morgan fingerprint density at radius 3 is 2.65 bits per heavy atom. The summed E-state index contributed by atoms with van der Waals surface area (Å²) in [5.41, 5.74) is 3.58. The number of imidazole rings is 1. The molecule has 0 bridgehead atoms. The van der Waals surface area contributed by atoms with Crippen LogP contribution in [0.2, 0.25) is 0 Å². The number of hydrogen-bond acceptors (Lipinski definition) is 2. The van der Waals surface area contributed by atoms with Crippen LogP contribution in [0.1, 0.15) is 35.1 Å². The largest absolute Gasteiger partial charge is 0.350 e. The van der Waals surface area contributed by atoms with E-state index >= 15 is 0 Å². The summed E-state index contributed by atoms with van der Waals surface area (Å²) in [7, 11) is 0. The quantitative estimate of drug-likeness (QED) is 0.760. The molecule has 4 heteroatoms. The van der Waals surface area contributed by atoms with Gasteiger partial charge in [0.25, 0.3) is 5.91 Å². The number of benzene rings is 1. The summed E-state index contributed by atoms with van der Waals surface area (Å²) in [6.07, 6.45) is 4.50. The van der Waals surface area contributed by atoms with Gasteiger partial charge in [-0.05, 0) is 30.5 Å². The Morgan fingerprint density at radius 1 is 1.09 bits per heavy atom. The van der Waals surface area contributed by atoms with Gasteiger partial charge in [0.1, 0.15) is 11.3 Å². The van der Waals surface area contributed by atoms with Crippen LogP contribution in [0.3, 0.4) is 0 Å². The van der Waals surface area contributed by atoms with Crippen molar-refractivity contribution in [1.82, 2.24) is 14.7 Å². The normalized spacial score (nSPS) is 10.8. The second-order valence-electron chi connectivity index (χ2n) is 5.58. The molecule has 2 heterocycles. The lowest BCUT2D eigenvalue weighted by atomic mass is 10.1. The number of fused-ring (bicyclic) bond motifs is 1. The van der Waals surface area contributed by atoms with Crippen LogP contribution in [-0.4, -0.2) is 21.8 Å². The molecule has 3 aromatic rings. The number of aryl methyl sites for hydroxylation is 1. The van der Waals surface area contributed by atoms with E-state index in [-0.39, 0.29) is 5.91 Å². The molecule has 3 rings (SSSR count). The lowest BCUT2D eigenvalue weighted by Gasteiger charge is -2.07. The first-order valence-corrected chi connectivity index (χ1v) is 8.07. The van der Waals surface area contributed by atoms with E-state index in [0.29, 0.717) is 12.2 Å². The zero-order chi connectivity index (χ0) is 16.1. The predicted molar refractivity (Wildman–Crippen MR) is 91.7 cm³/mol. The van der Waals surface area contributed by atoms with Gasteiger partial charge < -0.3 is 5.32 Å². The summed E-state index contributed by atoms with van der Waals surface area (Å²) in [5.74, 6) is -0.0527. The standard InChI is InChI=1S/C19H21N3O/c1-2-8-16-18(22-14-7-6-11-17(22)21-16)19(23)20-13-12-15-9-4-3-5-10-15/h3-7,9-11,14H,2,8,12-13H2,1H3,(H,20,23). The number of nitrogens with one attached hydrogen (secondary N) is 1. The van der Waals surface area contributed by atoms with E-state index in [9.17, 15) is 4.79 Å². The first kappa shape index (κ1) is 15.3. The molecule has 0 aliphatic carbocycles. The molecule has 23 heavy (non-hydrogen) atoms. The van der Waals surface area contributed by atoms with Crippen molar-refractivity contribution in [3.63, 3.8) is 0 Å². The summed E-state index contributed by atoms with van der Waals surface area (Å²) in [6.45, 7) is 2.72. The molecule has 1 N–H and O–H groups in total. The number of amides is 1. The highest BCUT2D eigenvalue weighted by molar-refractivity contribution is 5.94. The Hall–Kier alpha value is -2.62. The number of hydrogen-bond donors (Lipinski definition) is 1. The maximum absolute atomic E-state index is 12.6. The molecular weight excluding hydrogens is 286 g/mol. The van der Waals surface area contributed by atoms with Gasteiger partial charge in [-0.2, -0.15) is 0 Å². The first-order chi connectivity index (χ1) is 11.3. The Bertz CT molecular complexity index is 793. The van der Waals surface area contributed by atoms with Gasteiger partial charge in [-0.15, -0.1) is 0 Å². The van der Waals surface area contributed by atoms with Crippen molar-refractivity contribution >= 4 is 11.6 Å². The molecule has 0 spiro atoms. The third kappa shape index (κ3) is 3.42. The second-order valence-corrected chi connectivity index (χ2v) is 5.58. The van der Waals surface area contributed by atoms with Crippen LogP contribution in [0.5, 0.6) is 0 Å². The Balaban J connectivity index is 1.76. The van der Waals surface area contributed by atoms with Crippen molar-refractivity contribution in [2.24, 2.45) is 0 Å². The van der Waals surface area contributed by atoms with Crippen molar-refractivity contribution in [3.8, 4) is 0 Å². The van der Waals surface area contributed by atoms with Gasteiger partial charge in [0, 0.05) is 12.7 Å². The van der Waals surface area contributed by atoms with Crippen molar-refractivity contribution < 1.29 is 4.79 Å². The van der Waals surface area contributed by atoms with Gasteiger partial charge in [-0.3, -0.25) is 9.20 Å². The summed E-state index contributed by atoms with van der Waals surface area (Å²) in [6, 6.07) is 16.0. The topological polar surface area (TPSA) is 46.4 Å². The van der Waals surface area contributed by atoms with Crippen LogP contribution in [0.25, 0.3) is 5.65 Å². The molecule has 1 amide bonds. The monoisotopic (exact) mass is 307 g/mol. The van der Waals surface area contributed by atoms with Gasteiger partial charge in [-0.1, -0.05) is 49.7 Å². The summed E-state index contributed by atoms with van der Waals surface area (Å²) < 4.78 is 1.88. The number of nitrogens with zero attached hydrogens (tertiary/aromatic N) is 2. The van der Waals surface area contributed by atoms with Crippen LogP contribution in [0.15, 0.2) is 54.7 Å². The van der Waals surface area contributed by atoms with E-state index in [0.717, 1.165) is 30.6 Å². The summed E-state index contributed by atoms with van der Waals surface area (Å²) in [4.78, 5) is 17.2. The maximum Gasteiger partial charge on any atom is 0.270 e. The third-order valence-corrected chi connectivity index (χ3v) is 3.85. The highest BCUT2D eigenvalue weighted by Crippen LogP contribution is 2.14. The molecule has 0 fully saturated rings. The third-order valence-electron chi connectivity index (χ3n) is 3.85. The van der Waals surface area contributed by atoms with E-state index < -0.39 is 0 Å². The Morgan fingerprint density at radius 2 is 1.87 bits per heavy atom. The Labute approximate surface area is 136 Å². The van der Waals surface area contributed by atoms with E-state index in [1.54, 1.807) is 0 Å².